The van der Waals surface area contributed by atoms with Crippen LogP contribution >= 0.6 is 0 Å². The molecular weight excluding hydrogens is 236 g/mol. The van der Waals surface area contributed by atoms with E-state index in [1.54, 1.807) is 0 Å². The lowest BCUT2D eigenvalue weighted by molar-refractivity contribution is -0.122. The maximum absolute atomic E-state index is 11.9. The highest BCUT2D eigenvalue weighted by molar-refractivity contribution is 5.76. The van der Waals surface area contributed by atoms with E-state index in [9.17, 15) is 4.79 Å². The maximum atomic E-state index is 11.9. The topological polar surface area (TPSA) is 41.1 Å². The van der Waals surface area contributed by atoms with E-state index >= 15 is 0 Å². The standard InChI is InChI=1S/C16H30N2O/c1-13-2-4-14(5-3-13)8-11-18-16(19)12-15-6-9-17-10-7-15/h13-15,17H,2-12H2,1H3,(H,18,19). The molecule has 0 bridgehead atoms. The summed E-state index contributed by atoms with van der Waals surface area (Å²) < 4.78 is 0. The SMILES string of the molecule is CC1CCC(CCNC(=O)CC2CCNCC2)CC1. The molecule has 1 saturated heterocycles. The Morgan fingerprint density at radius 1 is 1.05 bits per heavy atom. The predicted molar refractivity (Wildman–Crippen MR) is 79.0 cm³/mol. The van der Waals surface area contributed by atoms with Crippen molar-refractivity contribution in [1.82, 2.24) is 10.6 Å². The Hall–Kier alpha value is -0.570. The van der Waals surface area contributed by atoms with Crippen LogP contribution in [0.3, 0.4) is 0 Å². The Morgan fingerprint density at radius 2 is 1.74 bits per heavy atom. The number of carbonyl (C=O) groups is 1. The van der Waals surface area contributed by atoms with Crippen LogP contribution in [0.5, 0.6) is 0 Å². The average Bonchev–Trinajstić information content (AvgIpc) is 2.42. The first kappa shape index (κ1) is 14.8. The second kappa shape index (κ2) is 7.88. The first-order valence-corrected chi connectivity index (χ1v) is 8.21. The number of hydrogen-bond donors (Lipinski definition) is 2. The van der Waals surface area contributed by atoms with Crippen LogP contribution in [0.4, 0.5) is 0 Å². The first-order valence-electron chi connectivity index (χ1n) is 8.21. The molecule has 3 heteroatoms. The summed E-state index contributed by atoms with van der Waals surface area (Å²) in [6, 6.07) is 0. The summed E-state index contributed by atoms with van der Waals surface area (Å²) in [5.41, 5.74) is 0. The lowest BCUT2D eigenvalue weighted by atomic mass is 9.81. The van der Waals surface area contributed by atoms with Gasteiger partial charge in [0.05, 0.1) is 0 Å². The molecule has 0 aromatic carbocycles. The van der Waals surface area contributed by atoms with Gasteiger partial charge < -0.3 is 10.6 Å². The molecule has 0 radical (unpaired) electrons. The largest absolute Gasteiger partial charge is 0.356 e. The third kappa shape index (κ3) is 5.52. The molecule has 1 heterocycles. The van der Waals surface area contributed by atoms with Crippen LogP contribution in [0.25, 0.3) is 0 Å². The summed E-state index contributed by atoms with van der Waals surface area (Å²) in [4.78, 5) is 11.9. The summed E-state index contributed by atoms with van der Waals surface area (Å²) in [6.07, 6.45) is 9.74. The molecule has 3 nitrogen and oxygen atoms in total. The molecule has 0 aromatic heterocycles. The van der Waals surface area contributed by atoms with Gasteiger partial charge in [-0.1, -0.05) is 32.6 Å². The van der Waals surface area contributed by atoms with E-state index in [1.807, 2.05) is 0 Å². The summed E-state index contributed by atoms with van der Waals surface area (Å²) in [5, 5.41) is 6.48. The molecule has 2 N–H and O–H groups in total. The number of carbonyl (C=O) groups excluding carboxylic acids is 1. The van der Waals surface area contributed by atoms with Gasteiger partial charge >= 0.3 is 0 Å². The highest BCUT2D eigenvalue weighted by Gasteiger charge is 2.19. The van der Waals surface area contributed by atoms with E-state index in [0.29, 0.717) is 5.92 Å². The number of hydrogen-bond acceptors (Lipinski definition) is 2. The van der Waals surface area contributed by atoms with Crippen LogP contribution < -0.4 is 10.6 Å². The molecule has 0 unspecified atom stereocenters. The third-order valence-electron chi connectivity index (χ3n) is 4.94. The normalized spacial score (nSPS) is 29.1. The number of amides is 1. The van der Waals surface area contributed by atoms with Crippen molar-refractivity contribution < 1.29 is 4.79 Å². The Bertz CT molecular complexity index is 266. The first-order chi connectivity index (χ1) is 9.24. The van der Waals surface area contributed by atoms with Crippen molar-refractivity contribution in [2.24, 2.45) is 17.8 Å². The van der Waals surface area contributed by atoms with Gasteiger partial charge in [0.15, 0.2) is 0 Å². The molecule has 0 aromatic rings. The molecule has 0 spiro atoms. The smallest absolute Gasteiger partial charge is 0.220 e. The van der Waals surface area contributed by atoms with Crippen molar-refractivity contribution in [2.45, 2.75) is 58.3 Å². The number of nitrogens with one attached hydrogen (secondary N) is 2. The zero-order valence-electron chi connectivity index (χ0n) is 12.4. The van der Waals surface area contributed by atoms with Gasteiger partial charge in [-0.2, -0.15) is 0 Å². The Balaban J connectivity index is 1.53. The van der Waals surface area contributed by atoms with E-state index in [1.165, 1.54) is 32.1 Å². The summed E-state index contributed by atoms with van der Waals surface area (Å²) in [6.45, 7) is 5.41. The van der Waals surface area contributed by atoms with Crippen LogP contribution in [-0.2, 0) is 4.79 Å². The highest BCUT2D eigenvalue weighted by Crippen LogP contribution is 2.29. The van der Waals surface area contributed by atoms with Gasteiger partial charge in [-0.05, 0) is 50.1 Å². The van der Waals surface area contributed by atoms with Crippen molar-refractivity contribution in [1.29, 1.82) is 0 Å². The van der Waals surface area contributed by atoms with Crippen LogP contribution in [-0.4, -0.2) is 25.5 Å². The van der Waals surface area contributed by atoms with E-state index < -0.39 is 0 Å². The fourth-order valence-electron chi connectivity index (χ4n) is 3.45. The molecular formula is C16H30N2O. The van der Waals surface area contributed by atoms with Crippen molar-refractivity contribution in [3.8, 4) is 0 Å². The molecule has 1 saturated carbocycles. The van der Waals surface area contributed by atoms with Crippen molar-refractivity contribution in [3.63, 3.8) is 0 Å². The Labute approximate surface area is 117 Å². The summed E-state index contributed by atoms with van der Waals surface area (Å²) in [7, 11) is 0. The fourth-order valence-corrected chi connectivity index (χ4v) is 3.45. The molecule has 110 valence electrons. The molecule has 2 rings (SSSR count). The van der Waals surface area contributed by atoms with Gasteiger partial charge in [-0.15, -0.1) is 0 Å². The lowest BCUT2D eigenvalue weighted by Gasteiger charge is -2.26. The third-order valence-corrected chi connectivity index (χ3v) is 4.94. The minimum absolute atomic E-state index is 0.274. The predicted octanol–water partition coefficient (Wildman–Crippen LogP) is 2.71. The van der Waals surface area contributed by atoms with Crippen molar-refractivity contribution in [3.05, 3.63) is 0 Å². The average molecular weight is 266 g/mol. The summed E-state index contributed by atoms with van der Waals surface area (Å²) in [5.74, 6) is 2.66. The van der Waals surface area contributed by atoms with Gasteiger partial charge in [0.2, 0.25) is 5.91 Å². The Kier molecular flexibility index (Phi) is 6.15. The zero-order valence-corrected chi connectivity index (χ0v) is 12.4. The maximum Gasteiger partial charge on any atom is 0.220 e. The molecule has 1 amide bonds. The van der Waals surface area contributed by atoms with Gasteiger partial charge in [-0.3, -0.25) is 4.79 Å². The minimum atomic E-state index is 0.274. The van der Waals surface area contributed by atoms with Gasteiger partial charge in [0.1, 0.15) is 0 Å². The van der Waals surface area contributed by atoms with Gasteiger partial charge in [0, 0.05) is 13.0 Å². The minimum Gasteiger partial charge on any atom is -0.356 e. The quantitative estimate of drug-likeness (QED) is 0.803. The monoisotopic (exact) mass is 266 g/mol. The van der Waals surface area contributed by atoms with Crippen molar-refractivity contribution >= 4 is 5.91 Å². The second-order valence-corrected chi connectivity index (χ2v) is 6.66. The van der Waals surface area contributed by atoms with Crippen LogP contribution in [0.2, 0.25) is 0 Å². The molecule has 2 fully saturated rings. The molecule has 1 aliphatic carbocycles. The fraction of sp³-hybridized carbons (Fsp3) is 0.938. The van der Waals surface area contributed by atoms with E-state index in [-0.39, 0.29) is 5.91 Å². The van der Waals surface area contributed by atoms with Gasteiger partial charge in [0.25, 0.3) is 0 Å². The highest BCUT2D eigenvalue weighted by atomic mass is 16.1. The molecule has 1 aliphatic heterocycles. The van der Waals surface area contributed by atoms with Gasteiger partial charge in [-0.25, -0.2) is 0 Å². The van der Waals surface area contributed by atoms with Crippen LogP contribution in [0, 0.1) is 17.8 Å². The van der Waals surface area contributed by atoms with Crippen LogP contribution in [0.1, 0.15) is 58.3 Å². The summed E-state index contributed by atoms with van der Waals surface area (Å²) >= 11 is 0. The number of rotatable bonds is 5. The molecule has 0 atom stereocenters. The van der Waals surface area contributed by atoms with Crippen LogP contribution in [0.15, 0.2) is 0 Å². The van der Waals surface area contributed by atoms with E-state index in [4.69, 9.17) is 0 Å². The van der Waals surface area contributed by atoms with E-state index in [2.05, 4.69) is 17.6 Å². The zero-order chi connectivity index (χ0) is 13.5. The molecule has 19 heavy (non-hydrogen) atoms. The van der Waals surface area contributed by atoms with E-state index in [0.717, 1.165) is 50.7 Å². The second-order valence-electron chi connectivity index (χ2n) is 6.66. The number of piperidine rings is 1. The lowest BCUT2D eigenvalue weighted by Crippen LogP contribution is -2.33. The van der Waals surface area contributed by atoms with Crippen molar-refractivity contribution in [2.75, 3.05) is 19.6 Å². The Morgan fingerprint density at radius 3 is 2.42 bits per heavy atom. The molecule has 2 aliphatic rings.